The summed E-state index contributed by atoms with van der Waals surface area (Å²) in [6, 6.07) is 4.70. The minimum atomic E-state index is -0.119. The highest BCUT2D eigenvalue weighted by molar-refractivity contribution is 5.96. The van der Waals surface area contributed by atoms with Gasteiger partial charge in [0.15, 0.2) is 0 Å². The fourth-order valence-electron chi connectivity index (χ4n) is 1.74. The van der Waals surface area contributed by atoms with Crippen LogP contribution in [0.2, 0.25) is 0 Å². The highest BCUT2D eigenvalue weighted by Crippen LogP contribution is 2.18. The van der Waals surface area contributed by atoms with Crippen molar-refractivity contribution in [3.05, 3.63) is 29.3 Å². The molecule has 0 spiro atoms. The molecule has 0 unspecified atom stereocenters. The molecule has 4 heteroatoms. The summed E-state index contributed by atoms with van der Waals surface area (Å²) in [5, 5.41) is 18.3. The molecule has 0 aliphatic rings. The van der Waals surface area contributed by atoms with E-state index >= 15 is 0 Å². The molecule has 0 atom stereocenters. The van der Waals surface area contributed by atoms with Gasteiger partial charge in [0.25, 0.3) is 5.91 Å². The molecule has 0 aromatic heterocycles. The first-order valence-corrected chi connectivity index (χ1v) is 5.68. The molecule has 1 aromatic rings. The predicted octanol–water partition coefficient (Wildman–Crippen LogP) is 1.54. The molecule has 2 N–H and O–H groups in total. The zero-order valence-electron chi connectivity index (χ0n) is 10.5. The van der Waals surface area contributed by atoms with E-state index in [0.29, 0.717) is 12.1 Å². The van der Waals surface area contributed by atoms with Crippen LogP contribution in [-0.2, 0) is 0 Å². The lowest BCUT2D eigenvalue weighted by Gasteiger charge is -2.26. The number of aryl methyl sites for hydroxylation is 1. The highest BCUT2D eigenvalue weighted by Gasteiger charge is 2.19. The Kier molecular flexibility index (Phi) is 4.52. The summed E-state index contributed by atoms with van der Waals surface area (Å²) < 4.78 is 0. The van der Waals surface area contributed by atoms with Crippen LogP contribution >= 0.6 is 0 Å². The molecule has 0 fully saturated rings. The van der Waals surface area contributed by atoms with Crippen molar-refractivity contribution in [1.29, 1.82) is 0 Å². The summed E-state index contributed by atoms with van der Waals surface area (Å²) in [6.45, 7) is 5.86. The van der Waals surface area contributed by atoms with Crippen molar-refractivity contribution in [2.75, 3.05) is 13.2 Å². The Hall–Kier alpha value is -1.55. The molecule has 0 heterocycles. The fourth-order valence-corrected chi connectivity index (χ4v) is 1.74. The summed E-state index contributed by atoms with van der Waals surface area (Å²) in [4.78, 5) is 13.9. The zero-order valence-corrected chi connectivity index (χ0v) is 10.5. The fraction of sp³-hybridized carbons (Fsp3) is 0.462. The van der Waals surface area contributed by atoms with E-state index in [4.69, 9.17) is 5.11 Å². The lowest BCUT2D eigenvalue weighted by Crippen LogP contribution is -2.39. The molecule has 0 aliphatic heterocycles. The molecule has 1 aromatic carbocycles. The lowest BCUT2D eigenvalue weighted by molar-refractivity contribution is 0.0664. The van der Waals surface area contributed by atoms with Crippen LogP contribution in [-0.4, -0.2) is 40.2 Å². The summed E-state index contributed by atoms with van der Waals surface area (Å²) >= 11 is 0. The SMILES string of the molecule is Cc1cc(O)ccc1C(=O)N(CCO)C(C)C. The molecular formula is C13H19NO3. The summed E-state index contributed by atoms with van der Waals surface area (Å²) in [6.07, 6.45) is 0. The average Bonchev–Trinajstić information content (AvgIpc) is 2.24. The van der Waals surface area contributed by atoms with Crippen molar-refractivity contribution < 1.29 is 15.0 Å². The van der Waals surface area contributed by atoms with Crippen molar-refractivity contribution in [2.45, 2.75) is 26.8 Å². The van der Waals surface area contributed by atoms with E-state index in [-0.39, 0.29) is 24.3 Å². The van der Waals surface area contributed by atoms with E-state index in [0.717, 1.165) is 5.56 Å². The third-order valence-electron chi connectivity index (χ3n) is 2.67. The Bertz CT molecular complexity index is 402. The molecule has 4 nitrogen and oxygen atoms in total. The number of aromatic hydroxyl groups is 1. The van der Waals surface area contributed by atoms with Gasteiger partial charge in [0.2, 0.25) is 0 Å². The summed E-state index contributed by atoms with van der Waals surface area (Å²) in [5.74, 6) is 0.0313. The Morgan fingerprint density at radius 2 is 2.06 bits per heavy atom. The third kappa shape index (κ3) is 3.20. The minimum Gasteiger partial charge on any atom is -0.508 e. The first kappa shape index (κ1) is 13.5. The smallest absolute Gasteiger partial charge is 0.254 e. The molecule has 17 heavy (non-hydrogen) atoms. The van der Waals surface area contributed by atoms with E-state index in [9.17, 15) is 9.90 Å². The molecule has 0 aliphatic carbocycles. The van der Waals surface area contributed by atoms with Crippen LogP contribution in [0.25, 0.3) is 0 Å². The molecule has 1 rings (SSSR count). The number of amides is 1. The van der Waals surface area contributed by atoms with Gasteiger partial charge < -0.3 is 15.1 Å². The number of carbonyl (C=O) groups excluding carboxylic acids is 1. The average molecular weight is 237 g/mol. The number of phenols is 1. The first-order valence-electron chi connectivity index (χ1n) is 5.68. The van der Waals surface area contributed by atoms with Gasteiger partial charge in [-0.15, -0.1) is 0 Å². The van der Waals surface area contributed by atoms with Crippen molar-refractivity contribution in [2.24, 2.45) is 0 Å². The number of aliphatic hydroxyl groups is 1. The summed E-state index contributed by atoms with van der Waals surface area (Å²) in [5.41, 5.74) is 1.29. The second kappa shape index (κ2) is 5.68. The molecular weight excluding hydrogens is 218 g/mol. The van der Waals surface area contributed by atoms with Crippen LogP contribution < -0.4 is 0 Å². The Morgan fingerprint density at radius 1 is 1.41 bits per heavy atom. The second-order valence-electron chi connectivity index (χ2n) is 4.32. The van der Waals surface area contributed by atoms with E-state index in [1.54, 1.807) is 24.0 Å². The number of carbonyl (C=O) groups is 1. The van der Waals surface area contributed by atoms with Gasteiger partial charge in [0, 0.05) is 18.2 Å². The van der Waals surface area contributed by atoms with Crippen LogP contribution in [0.5, 0.6) is 5.75 Å². The number of hydrogen-bond donors (Lipinski definition) is 2. The second-order valence-corrected chi connectivity index (χ2v) is 4.32. The first-order chi connectivity index (χ1) is 7.97. The summed E-state index contributed by atoms with van der Waals surface area (Å²) in [7, 11) is 0. The monoisotopic (exact) mass is 237 g/mol. The van der Waals surface area contributed by atoms with Crippen LogP contribution in [0.1, 0.15) is 29.8 Å². The van der Waals surface area contributed by atoms with Gasteiger partial charge in [0.05, 0.1) is 6.61 Å². The zero-order chi connectivity index (χ0) is 13.0. The van der Waals surface area contributed by atoms with Gasteiger partial charge in [-0.1, -0.05) is 0 Å². The van der Waals surface area contributed by atoms with Gasteiger partial charge in [0.1, 0.15) is 5.75 Å². The van der Waals surface area contributed by atoms with Crippen LogP contribution in [0.15, 0.2) is 18.2 Å². The van der Waals surface area contributed by atoms with Crippen molar-refractivity contribution in [1.82, 2.24) is 4.90 Å². The maximum atomic E-state index is 12.2. The van der Waals surface area contributed by atoms with Crippen molar-refractivity contribution >= 4 is 5.91 Å². The molecule has 0 bridgehead atoms. The maximum Gasteiger partial charge on any atom is 0.254 e. The number of nitrogens with zero attached hydrogens (tertiary/aromatic N) is 1. The maximum absolute atomic E-state index is 12.2. The van der Waals surface area contributed by atoms with Gasteiger partial charge in [-0.2, -0.15) is 0 Å². The molecule has 0 saturated carbocycles. The molecule has 0 radical (unpaired) electrons. The number of rotatable bonds is 4. The topological polar surface area (TPSA) is 60.8 Å². The van der Waals surface area contributed by atoms with E-state index in [1.165, 1.54) is 6.07 Å². The standard InChI is InChI=1S/C13H19NO3/c1-9(2)14(6-7-15)13(17)12-5-4-11(16)8-10(12)3/h4-5,8-9,15-16H,6-7H2,1-3H3. The predicted molar refractivity (Wildman–Crippen MR) is 66.1 cm³/mol. The quantitative estimate of drug-likeness (QED) is 0.835. The highest BCUT2D eigenvalue weighted by atomic mass is 16.3. The Balaban J connectivity index is 3.01. The van der Waals surface area contributed by atoms with Gasteiger partial charge in [-0.05, 0) is 44.5 Å². The normalized spacial score (nSPS) is 10.6. The Labute approximate surface area is 101 Å². The Morgan fingerprint density at radius 3 is 2.53 bits per heavy atom. The van der Waals surface area contributed by atoms with Crippen LogP contribution in [0.3, 0.4) is 0 Å². The molecule has 94 valence electrons. The lowest BCUT2D eigenvalue weighted by atomic mass is 10.1. The van der Waals surface area contributed by atoms with E-state index in [1.807, 2.05) is 13.8 Å². The van der Waals surface area contributed by atoms with Crippen molar-refractivity contribution in [3.8, 4) is 5.75 Å². The van der Waals surface area contributed by atoms with Crippen LogP contribution in [0.4, 0.5) is 0 Å². The van der Waals surface area contributed by atoms with Crippen molar-refractivity contribution in [3.63, 3.8) is 0 Å². The number of hydrogen-bond acceptors (Lipinski definition) is 3. The molecule has 0 saturated heterocycles. The molecule has 1 amide bonds. The third-order valence-corrected chi connectivity index (χ3v) is 2.67. The van der Waals surface area contributed by atoms with Crippen LogP contribution in [0, 0.1) is 6.92 Å². The largest absolute Gasteiger partial charge is 0.508 e. The van der Waals surface area contributed by atoms with Gasteiger partial charge >= 0.3 is 0 Å². The van der Waals surface area contributed by atoms with Gasteiger partial charge in [-0.25, -0.2) is 0 Å². The minimum absolute atomic E-state index is 0.0304. The van der Waals surface area contributed by atoms with Gasteiger partial charge in [-0.3, -0.25) is 4.79 Å². The van der Waals surface area contributed by atoms with E-state index < -0.39 is 0 Å². The van der Waals surface area contributed by atoms with E-state index in [2.05, 4.69) is 0 Å². The number of phenolic OH excluding ortho intramolecular Hbond substituents is 1. The number of aliphatic hydroxyl groups excluding tert-OH is 1. The number of benzene rings is 1.